The fourth-order valence-corrected chi connectivity index (χ4v) is 9.30. The quantitative estimate of drug-likeness (QED) is 0.563. The third-order valence-electron chi connectivity index (χ3n) is 11.6. The van der Waals surface area contributed by atoms with E-state index in [4.69, 9.17) is 0 Å². The molecule has 0 spiro atoms. The Morgan fingerprint density at radius 2 is 1.53 bits per heavy atom. The van der Waals surface area contributed by atoms with Gasteiger partial charge in [0.05, 0.1) is 18.3 Å². The normalized spacial score (nSPS) is 47.9. The number of carbonyl (C=O) groups excluding carboxylic acids is 1. The zero-order chi connectivity index (χ0) is 23.6. The molecule has 32 heavy (non-hydrogen) atoms. The standard InChI is InChI=1S/C28H48O4/c1-15(2)16(3)25(31)26(32)17(4)20-9-10-21-19-13-24(30)23-8-7-18(29)14-28(23,6)22(19)11-12-27(20,21)5/h15-23,25-26,29,31-32H,7-14H2,1-6H3/t16-,17+,18-,19+,20-,21+,22+,23-,25-,26-,27-,28-/m1/s1. The Labute approximate surface area is 195 Å². The van der Waals surface area contributed by atoms with Gasteiger partial charge in [-0.25, -0.2) is 0 Å². The molecule has 4 nitrogen and oxygen atoms in total. The molecule has 0 aliphatic heterocycles. The molecular weight excluding hydrogens is 400 g/mol. The van der Waals surface area contributed by atoms with Crippen molar-refractivity contribution in [3.05, 3.63) is 0 Å². The van der Waals surface area contributed by atoms with Crippen molar-refractivity contribution in [2.75, 3.05) is 0 Å². The van der Waals surface area contributed by atoms with E-state index in [0.29, 0.717) is 35.4 Å². The van der Waals surface area contributed by atoms with E-state index >= 15 is 0 Å². The number of hydrogen-bond donors (Lipinski definition) is 3. The van der Waals surface area contributed by atoms with Crippen LogP contribution in [0.15, 0.2) is 0 Å². The lowest BCUT2D eigenvalue weighted by Gasteiger charge is -2.60. The Hall–Kier alpha value is -0.450. The summed E-state index contributed by atoms with van der Waals surface area (Å²) in [5.41, 5.74) is 0.0736. The number of fused-ring (bicyclic) bond motifs is 5. The van der Waals surface area contributed by atoms with Crippen LogP contribution in [0.1, 0.15) is 92.9 Å². The van der Waals surface area contributed by atoms with Gasteiger partial charge in [0.1, 0.15) is 5.78 Å². The van der Waals surface area contributed by atoms with Crippen molar-refractivity contribution in [1.82, 2.24) is 0 Å². The largest absolute Gasteiger partial charge is 0.393 e. The monoisotopic (exact) mass is 448 g/mol. The van der Waals surface area contributed by atoms with Gasteiger partial charge in [-0.2, -0.15) is 0 Å². The van der Waals surface area contributed by atoms with Crippen molar-refractivity contribution in [2.45, 2.75) is 111 Å². The van der Waals surface area contributed by atoms with Crippen LogP contribution >= 0.6 is 0 Å². The van der Waals surface area contributed by atoms with E-state index in [1.54, 1.807) is 0 Å². The lowest BCUT2D eigenvalue weighted by atomic mass is 9.44. The van der Waals surface area contributed by atoms with E-state index in [2.05, 4.69) is 34.6 Å². The van der Waals surface area contributed by atoms with Crippen LogP contribution in [0.4, 0.5) is 0 Å². The fourth-order valence-electron chi connectivity index (χ4n) is 9.30. The molecule has 3 N–H and O–H groups in total. The molecule has 0 aromatic heterocycles. The topological polar surface area (TPSA) is 77.8 Å². The Morgan fingerprint density at radius 3 is 2.19 bits per heavy atom. The van der Waals surface area contributed by atoms with Gasteiger partial charge in [-0.15, -0.1) is 0 Å². The van der Waals surface area contributed by atoms with Gasteiger partial charge in [0, 0.05) is 12.3 Å². The van der Waals surface area contributed by atoms with Gasteiger partial charge in [0.25, 0.3) is 0 Å². The molecule has 4 saturated carbocycles. The molecule has 184 valence electrons. The van der Waals surface area contributed by atoms with Crippen LogP contribution in [0.3, 0.4) is 0 Å². The van der Waals surface area contributed by atoms with Gasteiger partial charge in [-0.05, 0) is 97.2 Å². The van der Waals surface area contributed by atoms with Crippen molar-refractivity contribution in [3.8, 4) is 0 Å². The first kappa shape index (κ1) is 24.7. The highest BCUT2D eigenvalue weighted by Gasteiger charge is 2.63. The Balaban J connectivity index is 1.55. The number of carbonyl (C=O) groups is 1. The van der Waals surface area contributed by atoms with Crippen molar-refractivity contribution < 1.29 is 20.1 Å². The molecule has 0 aromatic rings. The predicted molar refractivity (Wildman–Crippen MR) is 127 cm³/mol. The zero-order valence-corrected chi connectivity index (χ0v) is 21.3. The lowest BCUT2D eigenvalue weighted by Crippen LogP contribution is -2.57. The van der Waals surface area contributed by atoms with Gasteiger partial charge in [0.15, 0.2) is 0 Å². The number of hydrogen-bond acceptors (Lipinski definition) is 4. The fraction of sp³-hybridized carbons (Fsp3) is 0.964. The average molecular weight is 449 g/mol. The second-order valence-corrected chi connectivity index (χ2v) is 13.2. The molecule has 4 rings (SSSR count). The van der Waals surface area contributed by atoms with Gasteiger partial charge < -0.3 is 15.3 Å². The summed E-state index contributed by atoms with van der Waals surface area (Å²) in [5, 5.41) is 32.5. The van der Waals surface area contributed by atoms with Crippen LogP contribution in [0.2, 0.25) is 0 Å². The highest BCUT2D eigenvalue weighted by Crippen LogP contribution is 2.67. The minimum absolute atomic E-state index is 0.0505. The molecule has 4 fully saturated rings. The third kappa shape index (κ3) is 3.71. The van der Waals surface area contributed by atoms with Crippen LogP contribution in [0, 0.1) is 58.2 Å². The van der Waals surface area contributed by atoms with E-state index < -0.39 is 12.2 Å². The van der Waals surface area contributed by atoms with Crippen LogP contribution in [-0.4, -0.2) is 39.4 Å². The molecule has 4 aliphatic carbocycles. The maximum absolute atomic E-state index is 13.3. The highest BCUT2D eigenvalue weighted by atomic mass is 16.3. The summed E-state index contributed by atoms with van der Waals surface area (Å²) in [6.07, 6.45) is 5.98. The zero-order valence-electron chi connectivity index (χ0n) is 21.3. The second-order valence-electron chi connectivity index (χ2n) is 13.2. The Bertz CT molecular complexity index is 706. The first-order valence-corrected chi connectivity index (χ1v) is 13.5. The Kier molecular flexibility index (Phi) is 6.66. The minimum atomic E-state index is -0.700. The summed E-state index contributed by atoms with van der Waals surface area (Å²) in [4.78, 5) is 13.3. The van der Waals surface area contributed by atoms with E-state index in [9.17, 15) is 20.1 Å². The summed E-state index contributed by atoms with van der Waals surface area (Å²) >= 11 is 0. The minimum Gasteiger partial charge on any atom is -0.393 e. The summed E-state index contributed by atoms with van der Waals surface area (Å²) < 4.78 is 0. The first-order valence-electron chi connectivity index (χ1n) is 13.5. The van der Waals surface area contributed by atoms with E-state index in [1.165, 1.54) is 0 Å². The molecule has 0 aromatic carbocycles. The average Bonchev–Trinajstić information content (AvgIpc) is 3.08. The molecule has 4 aliphatic rings. The summed E-state index contributed by atoms with van der Waals surface area (Å²) in [6, 6.07) is 0. The van der Waals surface area contributed by atoms with Crippen LogP contribution < -0.4 is 0 Å². The van der Waals surface area contributed by atoms with Crippen molar-refractivity contribution in [1.29, 1.82) is 0 Å². The molecule has 0 saturated heterocycles. The lowest BCUT2D eigenvalue weighted by molar-refractivity contribution is -0.162. The van der Waals surface area contributed by atoms with E-state index in [0.717, 1.165) is 51.4 Å². The van der Waals surface area contributed by atoms with Gasteiger partial charge in [-0.1, -0.05) is 41.5 Å². The summed E-state index contributed by atoms with van der Waals surface area (Å²) in [7, 11) is 0. The predicted octanol–water partition coefficient (Wildman–Crippen LogP) is 4.84. The van der Waals surface area contributed by atoms with Crippen molar-refractivity contribution in [2.24, 2.45) is 58.2 Å². The number of rotatable bonds is 5. The number of aliphatic hydroxyl groups is 3. The molecule has 0 heterocycles. The van der Waals surface area contributed by atoms with E-state index in [1.807, 2.05) is 6.92 Å². The second kappa shape index (κ2) is 8.64. The highest BCUT2D eigenvalue weighted by molar-refractivity contribution is 5.83. The van der Waals surface area contributed by atoms with Gasteiger partial charge in [0.2, 0.25) is 0 Å². The smallest absolute Gasteiger partial charge is 0.136 e. The molecule has 0 amide bonds. The Morgan fingerprint density at radius 1 is 0.875 bits per heavy atom. The summed E-state index contributed by atoms with van der Waals surface area (Å²) in [5.74, 6) is 2.89. The van der Waals surface area contributed by atoms with Crippen molar-refractivity contribution in [3.63, 3.8) is 0 Å². The van der Waals surface area contributed by atoms with Crippen LogP contribution in [0.5, 0.6) is 0 Å². The third-order valence-corrected chi connectivity index (χ3v) is 11.6. The van der Waals surface area contributed by atoms with Gasteiger partial charge in [-0.3, -0.25) is 4.79 Å². The van der Waals surface area contributed by atoms with Crippen LogP contribution in [-0.2, 0) is 4.79 Å². The summed E-state index contributed by atoms with van der Waals surface area (Å²) in [6.45, 7) is 13.1. The molecule has 4 heteroatoms. The van der Waals surface area contributed by atoms with E-state index in [-0.39, 0.29) is 34.7 Å². The maximum atomic E-state index is 13.3. The molecule has 0 bridgehead atoms. The number of ketones is 1. The van der Waals surface area contributed by atoms with Gasteiger partial charge >= 0.3 is 0 Å². The SMILES string of the molecule is CC(C)[C@@H](C)[C@@H](O)[C@H](O)[C@@H](C)[C@H]1CC[C@H]2[C@@H]3CC(=O)[C@H]4CC[C@@H](O)C[C@]4(C)[C@H]3CC[C@]12C. The van der Waals surface area contributed by atoms with Crippen LogP contribution in [0.25, 0.3) is 0 Å². The maximum Gasteiger partial charge on any atom is 0.136 e. The number of aliphatic hydroxyl groups excluding tert-OH is 3. The number of Topliss-reactive ketones (excluding diaryl/α,β-unsaturated/α-hetero) is 1. The van der Waals surface area contributed by atoms with Crippen molar-refractivity contribution >= 4 is 5.78 Å². The first-order chi connectivity index (χ1) is 14.9. The molecular formula is C28H48O4. The molecule has 0 unspecified atom stereocenters. The molecule has 0 radical (unpaired) electrons. The molecule has 12 atom stereocenters.